The summed E-state index contributed by atoms with van der Waals surface area (Å²) in [6, 6.07) is 5.24. The fourth-order valence-corrected chi connectivity index (χ4v) is 3.12. The first-order valence-electron chi connectivity index (χ1n) is 4.77. The molecule has 0 amide bonds. The Labute approximate surface area is 89.0 Å². The molecule has 1 aromatic heterocycles. The Balaban J connectivity index is 2.16. The van der Waals surface area contributed by atoms with E-state index in [4.69, 9.17) is 5.73 Å². The van der Waals surface area contributed by atoms with Crippen LogP contribution in [-0.4, -0.2) is 30.0 Å². The number of aromatic nitrogens is 1. The molecule has 0 bridgehead atoms. The third kappa shape index (κ3) is 2.27. The molecule has 2 rings (SSSR count). The number of rotatable bonds is 2. The molecule has 2 N–H and O–H groups in total. The van der Waals surface area contributed by atoms with Crippen LogP contribution in [0.1, 0.15) is 12.1 Å². The lowest BCUT2D eigenvalue weighted by Gasteiger charge is -2.13. The van der Waals surface area contributed by atoms with Gasteiger partial charge in [0, 0.05) is 6.54 Å². The minimum Gasteiger partial charge on any atom is -0.384 e. The second-order valence-electron chi connectivity index (χ2n) is 3.56. The normalized spacial score (nSPS) is 20.5. The van der Waals surface area contributed by atoms with E-state index >= 15 is 0 Å². The van der Waals surface area contributed by atoms with Crippen molar-refractivity contribution in [3.63, 3.8) is 0 Å². The van der Waals surface area contributed by atoms with Crippen LogP contribution in [0.3, 0.4) is 0 Å². The van der Waals surface area contributed by atoms with E-state index in [-0.39, 0.29) is 5.75 Å². The first-order chi connectivity index (χ1) is 7.08. The number of nitrogens with two attached hydrogens (primary N) is 1. The van der Waals surface area contributed by atoms with Gasteiger partial charge in [-0.15, -0.1) is 0 Å². The second-order valence-corrected chi connectivity index (χ2v) is 5.65. The van der Waals surface area contributed by atoms with Gasteiger partial charge in [-0.2, -0.15) is 4.31 Å². The third-order valence-electron chi connectivity index (χ3n) is 2.37. The zero-order valence-electron chi connectivity index (χ0n) is 8.26. The van der Waals surface area contributed by atoms with Gasteiger partial charge >= 0.3 is 0 Å². The number of pyridine rings is 1. The SMILES string of the molecule is Nc1cccc(CN2CCCS2(=O)=O)n1. The van der Waals surface area contributed by atoms with Crippen LogP contribution >= 0.6 is 0 Å². The zero-order chi connectivity index (χ0) is 10.9. The molecule has 6 heteroatoms. The molecule has 0 spiro atoms. The van der Waals surface area contributed by atoms with Gasteiger partial charge in [-0.1, -0.05) is 6.07 Å². The maximum absolute atomic E-state index is 11.5. The fourth-order valence-electron chi connectivity index (χ4n) is 1.64. The van der Waals surface area contributed by atoms with Crippen LogP contribution in [0.2, 0.25) is 0 Å². The lowest BCUT2D eigenvalue weighted by atomic mass is 10.3. The van der Waals surface area contributed by atoms with Crippen molar-refractivity contribution in [3.05, 3.63) is 23.9 Å². The molecule has 1 saturated heterocycles. The first kappa shape index (κ1) is 10.4. The van der Waals surface area contributed by atoms with E-state index < -0.39 is 10.0 Å². The summed E-state index contributed by atoms with van der Waals surface area (Å²) in [7, 11) is -3.05. The van der Waals surface area contributed by atoms with Gasteiger partial charge < -0.3 is 5.73 Å². The highest BCUT2D eigenvalue weighted by atomic mass is 32.2. The smallest absolute Gasteiger partial charge is 0.214 e. The second kappa shape index (κ2) is 3.79. The van der Waals surface area contributed by atoms with Crippen molar-refractivity contribution in [1.82, 2.24) is 9.29 Å². The van der Waals surface area contributed by atoms with E-state index in [2.05, 4.69) is 4.98 Å². The number of anilines is 1. The van der Waals surface area contributed by atoms with Crippen molar-refractivity contribution in [2.75, 3.05) is 18.0 Å². The minimum absolute atomic E-state index is 0.245. The van der Waals surface area contributed by atoms with Crippen molar-refractivity contribution in [2.45, 2.75) is 13.0 Å². The fraction of sp³-hybridized carbons (Fsp3) is 0.444. The molecule has 5 nitrogen and oxygen atoms in total. The van der Waals surface area contributed by atoms with Crippen LogP contribution < -0.4 is 5.73 Å². The first-order valence-corrected chi connectivity index (χ1v) is 6.38. The highest BCUT2D eigenvalue weighted by Gasteiger charge is 2.28. The van der Waals surface area contributed by atoms with Crippen molar-refractivity contribution >= 4 is 15.8 Å². The van der Waals surface area contributed by atoms with Gasteiger partial charge in [-0.3, -0.25) is 0 Å². The van der Waals surface area contributed by atoms with Gasteiger partial charge in [0.25, 0.3) is 0 Å². The van der Waals surface area contributed by atoms with Crippen LogP contribution in [0.5, 0.6) is 0 Å². The van der Waals surface area contributed by atoms with Crippen molar-refractivity contribution in [1.29, 1.82) is 0 Å². The topological polar surface area (TPSA) is 76.3 Å². The molecule has 1 aliphatic heterocycles. The van der Waals surface area contributed by atoms with Gasteiger partial charge in [0.2, 0.25) is 10.0 Å². The Morgan fingerprint density at radius 1 is 1.47 bits per heavy atom. The molecule has 0 aromatic carbocycles. The van der Waals surface area contributed by atoms with E-state index in [9.17, 15) is 8.42 Å². The molecule has 1 aromatic rings. The highest BCUT2D eigenvalue weighted by Crippen LogP contribution is 2.16. The summed E-state index contributed by atoms with van der Waals surface area (Å²) < 4.78 is 24.5. The summed E-state index contributed by atoms with van der Waals surface area (Å²) >= 11 is 0. The van der Waals surface area contributed by atoms with Crippen LogP contribution in [0.15, 0.2) is 18.2 Å². The highest BCUT2D eigenvalue weighted by molar-refractivity contribution is 7.89. The van der Waals surface area contributed by atoms with E-state index in [1.807, 2.05) is 0 Å². The third-order valence-corrected chi connectivity index (χ3v) is 4.27. The quantitative estimate of drug-likeness (QED) is 0.783. The van der Waals surface area contributed by atoms with Gasteiger partial charge in [0.05, 0.1) is 18.0 Å². The molecular formula is C9H13N3O2S. The lowest BCUT2D eigenvalue weighted by molar-refractivity contribution is 0.435. The molecule has 2 heterocycles. The largest absolute Gasteiger partial charge is 0.384 e. The predicted octanol–water partition coefficient (Wildman–Crippen LogP) is 0.199. The minimum atomic E-state index is -3.05. The van der Waals surface area contributed by atoms with Crippen molar-refractivity contribution < 1.29 is 8.42 Å². The van der Waals surface area contributed by atoms with Gasteiger partial charge in [0.1, 0.15) is 5.82 Å². The maximum Gasteiger partial charge on any atom is 0.214 e. The van der Waals surface area contributed by atoms with E-state index in [1.54, 1.807) is 18.2 Å². The van der Waals surface area contributed by atoms with Gasteiger partial charge in [0.15, 0.2) is 0 Å². The summed E-state index contributed by atoms with van der Waals surface area (Å²) in [5.41, 5.74) is 6.22. The Morgan fingerprint density at radius 2 is 2.27 bits per heavy atom. The molecule has 82 valence electrons. The van der Waals surface area contributed by atoms with E-state index in [0.717, 1.165) is 0 Å². The average molecular weight is 227 g/mol. The van der Waals surface area contributed by atoms with Gasteiger partial charge in [-0.05, 0) is 18.6 Å². The van der Waals surface area contributed by atoms with Crippen molar-refractivity contribution in [2.24, 2.45) is 0 Å². The van der Waals surface area contributed by atoms with Crippen LogP contribution in [0.4, 0.5) is 5.82 Å². The standard InChI is InChI=1S/C9H13N3O2S/c10-9-4-1-3-8(11-9)7-12-5-2-6-15(12,13)14/h1,3-4H,2,5-7H2,(H2,10,11). The number of nitrogens with zero attached hydrogens (tertiary/aromatic N) is 2. The summed E-state index contributed by atoms with van der Waals surface area (Å²) in [6.07, 6.45) is 0.699. The number of sulfonamides is 1. The monoisotopic (exact) mass is 227 g/mol. The molecule has 0 saturated carbocycles. The van der Waals surface area contributed by atoms with Crippen LogP contribution in [-0.2, 0) is 16.6 Å². The van der Waals surface area contributed by atoms with Crippen molar-refractivity contribution in [3.8, 4) is 0 Å². The zero-order valence-corrected chi connectivity index (χ0v) is 9.07. The van der Waals surface area contributed by atoms with E-state index in [1.165, 1.54) is 4.31 Å². The maximum atomic E-state index is 11.5. The summed E-state index contributed by atoms with van der Waals surface area (Å²) in [6.45, 7) is 0.909. The summed E-state index contributed by atoms with van der Waals surface area (Å²) in [5, 5.41) is 0. The Morgan fingerprint density at radius 3 is 2.87 bits per heavy atom. The molecule has 0 radical (unpaired) electrons. The summed E-state index contributed by atoms with van der Waals surface area (Å²) in [5.74, 6) is 0.666. The van der Waals surface area contributed by atoms with Crippen LogP contribution in [0, 0.1) is 0 Å². The van der Waals surface area contributed by atoms with Crippen LogP contribution in [0.25, 0.3) is 0 Å². The molecule has 15 heavy (non-hydrogen) atoms. The Kier molecular flexibility index (Phi) is 2.62. The molecule has 1 aliphatic rings. The van der Waals surface area contributed by atoms with E-state index in [0.29, 0.717) is 31.0 Å². The lowest BCUT2D eigenvalue weighted by Crippen LogP contribution is -2.25. The Bertz CT molecular complexity index is 458. The van der Waals surface area contributed by atoms with Gasteiger partial charge in [-0.25, -0.2) is 13.4 Å². The molecule has 0 unspecified atom stereocenters. The molecule has 1 fully saturated rings. The molecule has 0 atom stereocenters. The molecule has 0 aliphatic carbocycles. The number of hydrogen-bond acceptors (Lipinski definition) is 4. The summed E-state index contributed by atoms with van der Waals surface area (Å²) in [4.78, 5) is 4.07. The Hall–Kier alpha value is -1.14. The number of nitrogen functional groups attached to an aromatic ring is 1. The number of hydrogen-bond donors (Lipinski definition) is 1. The molecular weight excluding hydrogens is 214 g/mol. The average Bonchev–Trinajstić information content (AvgIpc) is 2.46. The predicted molar refractivity (Wildman–Crippen MR) is 57.5 cm³/mol.